The first-order valence-electron chi connectivity index (χ1n) is 7.69. The number of anilines is 1. The minimum Gasteiger partial charge on any atom is -0.377 e. The smallest absolute Gasteiger partial charge is 0.231 e. The predicted molar refractivity (Wildman–Crippen MR) is 89.2 cm³/mol. The molecule has 1 aliphatic heterocycles. The third kappa shape index (κ3) is 4.37. The molecular weight excluding hydrogens is 347 g/mol. The summed E-state index contributed by atoms with van der Waals surface area (Å²) in [5.74, 6) is -1.11. The van der Waals surface area contributed by atoms with E-state index in [1.807, 2.05) is 0 Å². The molecule has 3 rings (SSSR count). The van der Waals surface area contributed by atoms with Crippen LogP contribution in [0.3, 0.4) is 0 Å². The summed E-state index contributed by atoms with van der Waals surface area (Å²) in [5, 5.41) is 11.5. The van der Waals surface area contributed by atoms with E-state index in [4.69, 9.17) is 4.74 Å². The summed E-state index contributed by atoms with van der Waals surface area (Å²) in [5.41, 5.74) is 0.823. The van der Waals surface area contributed by atoms with Crippen LogP contribution in [0.1, 0.15) is 17.0 Å². The first-order chi connectivity index (χ1) is 12.0. The fourth-order valence-electron chi connectivity index (χ4n) is 2.60. The van der Waals surface area contributed by atoms with Crippen LogP contribution in [-0.4, -0.2) is 40.6 Å². The van der Waals surface area contributed by atoms with Crippen molar-refractivity contribution < 1.29 is 18.7 Å². The van der Waals surface area contributed by atoms with Crippen LogP contribution in [0.25, 0.3) is 0 Å². The van der Waals surface area contributed by atoms with Gasteiger partial charge in [-0.2, -0.15) is 0 Å². The lowest BCUT2D eigenvalue weighted by atomic mass is 10.1. The lowest BCUT2D eigenvalue weighted by molar-refractivity contribution is -0.128. The molecule has 1 aliphatic rings. The zero-order valence-corrected chi connectivity index (χ0v) is 14.4. The van der Waals surface area contributed by atoms with E-state index in [-0.39, 0.29) is 24.1 Å². The second kappa shape index (κ2) is 7.66. The van der Waals surface area contributed by atoms with Crippen LogP contribution in [-0.2, 0) is 27.5 Å². The van der Waals surface area contributed by atoms with Crippen molar-refractivity contribution in [1.29, 1.82) is 0 Å². The average molecular weight is 364 g/mol. The maximum atomic E-state index is 13.0. The monoisotopic (exact) mass is 364 g/mol. The van der Waals surface area contributed by atoms with Crippen molar-refractivity contribution in [1.82, 2.24) is 15.1 Å². The molecule has 0 spiro atoms. The lowest BCUT2D eigenvalue weighted by Crippen LogP contribution is -2.28. The number of hydrogen-bond donors (Lipinski definition) is 1. The van der Waals surface area contributed by atoms with Crippen molar-refractivity contribution in [3.8, 4) is 0 Å². The number of benzene rings is 1. The van der Waals surface area contributed by atoms with Crippen molar-refractivity contribution in [2.24, 2.45) is 5.92 Å². The molecule has 0 bridgehead atoms. The van der Waals surface area contributed by atoms with E-state index in [1.165, 1.54) is 23.5 Å². The first-order valence-corrected chi connectivity index (χ1v) is 8.51. The van der Waals surface area contributed by atoms with Crippen LogP contribution in [0.2, 0.25) is 0 Å². The van der Waals surface area contributed by atoms with Gasteiger partial charge < -0.3 is 15.0 Å². The fourth-order valence-corrected chi connectivity index (χ4v) is 3.32. The molecule has 1 aromatic heterocycles. The summed E-state index contributed by atoms with van der Waals surface area (Å²) >= 11 is 1.24. The molecule has 0 saturated carbocycles. The van der Waals surface area contributed by atoms with Crippen LogP contribution in [0.5, 0.6) is 0 Å². The van der Waals surface area contributed by atoms with Crippen molar-refractivity contribution in [3.63, 3.8) is 0 Å². The fraction of sp³-hybridized carbons (Fsp3) is 0.375. The van der Waals surface area contributed by atoms with Crippen LogP contribution in [0.4, 0.5) is 9.52 Å². The van der Waals surface area contributed by atoms with Gasteiger partial charge in [0.15, 0.2) is 0 Å². The molecular formula is C16H17FN4O3S. The highest BCUT2D eigenvalue weighted by Gasteiger charge is 2.34. The first kappa shape index (κ1) is 17.4. The van der Waals surface area contributed by atoms with E-state index >= 15 is 0 Å². The molecule has 9 heteroatoms. The minimum atomic E-state index is -0.442. The number of likely N-dealkylation sites (tertiary alicyclic amines) is 1. The summed E-state index contributed by atoms with van der Waals surface area (Å²) in [6.45, 7) is 1.02. The quantitative estimate of drug-likeness (QED) is 0.845. The van der Waals surface area contributed by atoms with E-state index in [1.54, 1.807) is 24.1 Å². The van der Waals surface area contributed by atoms with Gasteiger partial charge in [-0.3, -0.25) is 9.59 Å². The number of halogens is 1. The molecule has 1 fully saturated rings. The highest BCUT2D eigenvalue weighted by Crippen LogP contribution is 2.23. The molecule has 2 amide bonds. The van der Waals surface area contributed by atoms with Gasteiger partial charge in [-0.15, -0.1) is 10.2 Å². The SMILES string of the molecule is COCc1nnc(NC(=O)[C@@H]2CC(=O)N(Cc3ccc(F)cc3)C2)s1. The summed E-state index contributed by atoms with van der Waals surface area (Å²) in [4.78, 5) is 26.1. The molecule has 1 saturated heterocycles. The van der Waals surface area contributed by atoms with Gasteiger partial charge in [0.2, 0.25) is 16.9 Å². The Morgan fingerprint density at radius 1 is 1.40 bits per heavy atom. The molecule has 0 radical (unpaired) electrons. The lowest BCUT2D eigenvalue weighted by Gasteiger charge is -2.16. The van der Waals surface area contributed by atoms with Crippen LogP contribution in [0.15, 0.2) is 24.3 Å². The summed E-state index contributed by atoms with van der Waals surface area (Å²) < 4.78 is 17.9. The van der Waals surface area contributed by atoms with Crippen molar-refractivity contribution in [2.75, 3.05) is 19.0 Å². The number of rotatable bonds is 6. The molecule has 0 aliphatic carbocycles. The zero-order chi connectivity index (χ0) is 17.8. The Morgan fingerprint density at radius 3 is 2.88 bits per heavy atom. The third-order valence-corrected chi connectivity index (χ3v) is 4.65. The molecule has 1 atom stereocenters. The Labute approximate surface area is 147 Å². The van der Waals surface area contributed by atoms with Gasteiger partial charge >= 0.3 is 0 Å². The molecule has 1 N–H and O–H groups in total. The topological polar surface area (TPSA) is 84.4 Å². The average Bonchev–Trinajstić information content (AvgIpc) is 3.17. The van der Waals surface area contributed by atoms with Crippen molar-refractivity contribution >= 4 is 28.3 Å². The molecule has 2 aromatic rings. The van der Waals surface area contributed by atoms with Gasteiger partial charge in [-0.25, -0.2) is 4.39 Å². The van der Waals surface area contributed by atoms with Gasteiger partial charge in [-0.1, -0.05) is 23.5 Å². The van der Waals surface area contributed by atoms with Crippen LogP contribution >= 0.6 is 11.3 Å². The molecule has 1 aromatic carbocycles. The largest absolute Gasteiger partial charge is 0.377 e. The highest BCUT2D eigenvalue weighted by molar-refractivity contribution is 7.15. The second-order valence-corrected chi connectivity index (χ2v) is 6.79. The van der Waals surface area contributed by atoms with Crippen LogP contribution in [0, 0.1) is 11.7 Å². The number of carbonyl (C=O) groups is 2. The van der Waals surface area contributed by atoms with Gasteiger partial charge in [0.25, 0.3) is 0 Å². The van der Waals surface area contributed by atoms with Crippen molar-refractivity contribution in [2.45, 2.75) is 19.6 Å². The molecule has 132 valence electrons. The Balaban J connectivity index is 1.57. The van der Waals surface area contributed by atoms with E-state index in [0.29, 0.717) is 29.8 Å². The number of ether oxygens (including phenoxy) is 1. The number of hydrogen-bond acceptors (Lipinski definition) is 6. The number of aromatic nitrogens is 2. The summed E-state index contributed by atoms with van der Waals surface area (Å²) in [6.07, 6.45) is 0.150. The molecule has 2 heterocycles. The Bertz CT molecular complexity index is 765. The summed E-state index contributed by atoms with van der Waals surface area (Å²) in [6, 6.07) is 5.98. The van der Waals surface area contributed by atoms with Gasteiger partial charge in [0.1, 0.15) is 17.4 Å². The Morgan fingerprint density at radius 2 is 2.16 bits per heavy atom. The van der Waals surface area contributed by atoms with Gasteiger partial charge in [0.05, 0.1) is 5.92 Å². The minimum absolute atomic E-state index is 0.0955. The van der Waals surface area contributed by atoms with E-state index < -0.39 is 5.92 Å². The maximum absolute atomic E-state index is 13.0. The zero-order valence-electron chi connectivity index (χ0n) is 13.6. The van der Waals surface area contributed by atoms with Gasteiger partial charge in [-0.05, 0) is 17.7 Å². The third-order valence-electron chi connectivity index (χ3n) is 3.84. The number of methoxy groups -OCH3 is 1. The van der Waals surface area contributed by atoms with Crippen LogP contribution < -0.4 is 5.32 Å². The van der Waals surface area contributed by atoms with E-state index in [0.717, 1.165) is 5.56 Å². The maximum Gasteiger partial charge on any atom is 0.231 e. The second-order valence-electron chi connectivity index (χ2n) is 5.72. The van der Waals surface area contributed by atoms with E-state index in [9.17, 15) is 14.0 Å². The number of carbonyl (C=O) groups excluding carboxylic acids is 2. The standard InChI is InChI=1S/C16H17FN4O3S/c1-24-9-13-19-20-16(25-13)18-15(23)11-6-14(22)21(8-11)7-10-2-4-12(17)5-3-10/h2-5,11H,6-9H2,1H3,(H,18,20,23)/t11-/m1/s1. The molecule has 7 nitrogen and oxygen atoms in total. The summed E-state index contributed by atoms with van der Waals surface area (Å²) in [7, 11) is 1.56. The molecule has 0 unspecified atom stereocenters. The number of nitrogens with zero attached hydrogens (tertiary/aromatic N) is 3. The van der Waals surface area contributed by atoms with Crippen molar-refractivity contribution in [3.05, 3.63) is 40.7 Å². The Hall–Kier alpha value is -2.39. The molecule has 25 heavy (non-hydrogen) atoms. The predicted octanol–water partition coefficient (Wildman–Crippen LogP) is 1.81. The normalized spacial score (nSPS) is 17.1. The van der Waals surface area contributed by atoms with Gasteiger partial charge in [0, 0.05) is 26.6 Å². The van der Waals surface area contributed by atoms with E-state index in [2.05, 4.69) is 15.5 Å². The number of nitrogens with one attached hydrogen (secondary N) is 1. The highest BCUT2D eigenvalue weighted by atomic mass is 32.1. The number of amides is 2. The Kier molecular flexibility index (Phi) is 5.34.